The minimum Gasteiger partial charge on any atom is -0.616 e. The summed E-state index contributed by atoms with van der Waals surface area (Å²) in [4.78, 5) is 0. The molecule has 3 radical (unpaired) electrons. The van der Waals surface area contributed by atoms with Crippen LogP contribution in [0, 0.1) is 0 Å². The Bertz CT molecular complexity index is 10.8. The van der Waals surface area contributed by atoms with Crippen LogP contribution in [0.25, 0.3) is 3.94 Å². The first-order valence-electron chi connectivity index (χ1n) is 0.616. The minimum atomic E-state index is 0. The fourth-order valence-electron chi connectivity index (χ4n) is 0. The molecule has 0 bridgehead atoms. The summed E-state index contributed by atoms with van der Waals surface area (Å²) < 4.78 is 8.54. The maximum atomic E-state index is 5.82. The average molecular weight is 411 g/mol. The summed E-state index contributed by atoms with van der Waals surface area (Å²) in [7, 11) is 0. The molecule has 23 valence electrons. The van der Waals surface area contributed by atoms with E-state index in [2.05, 4.69) is 3.94 Å². The topological polar surface area (TPSA) is 23.8 Å². The van der Waals surface area contributed by atoms with Crippen LogP contribution in [-0.2, 0) is 98.1 Å². The van der Waals surface area contributed by atoms with E-state index in [0.29, 0.717) is 0 Å². The van der Waals surface area contributed by atoms with Crippen LogP contribution in [-0.4, -0.2) is 0 Å². The molecule has 0 amide bonds. The summed E-state index contributed by atoms with van der Waals surface area (Å²) in [6, 6.07) is 0. The van der Waals surface area contributed by atoms with Gasteiger partial charge in [-0.05, 0) is 0 Å². The van der Waals surface area contributed by atoms with E-state index in [1.807, 2.05) is 0 Å². The van der Waals surface area contributed by atoms with Crippen molar-refractivity contribution >= 4 is 22.9 Å². The molecule has 0 aromatic rings. The van der Waals surface area contributed by atoms with Gasteiger partial charge in [-0.15, -0.1) is 1.41 Å². The zero-order valence-electron chi connectivity index (χ0n) is 3.56. The van der Waals surface area contributed by atoms with Gasteiger partial charge in [-0.2, -0.15) is 0 Å². The third-order valence-electron chi connectivity index (χ3n) is 0. The van der Waals surface area contributed by atoms with Crippen LogP contribution in [0.2, 0.25) is 1.41 Å². The van der Waals surface area contributed by atoms with Crippen LogP contribution in [0.5, 0.6) is 0 Å². The van der Waals surface area contributed by atoms with Gasteiger partial charge in [0.15, 0.2) is 0 Å². The second-order valence-electron chi connectivity index (χ2n) is 0. The predicted octanol–water partition coefficient (Wildman–Crippen LogP) is 1.38. The fraction of sp³-hybridized carbons (Fsp3) is 0. The molecule has 1 nitrogen and oxygen atoms in total. The van der Waals surface area contributed by atoms with Gasteiger partial charge in [0.2, 0.25) is 0 Å². The molecule has 0 saturated carbocycles. The van der Waals surface area contributed by atoms with Crippen molar-refractivity contribution in [3.05, 3.63) is 3.94 Å². The maximum Gasteiger partial charge on any atom is 0 e. The minimum absolute atomic E-state index is 0. The van der Waals surface area contributed by atoms with Gasteiger partial charge >= 0.3 is 0 Å². The van der Waals surface area contributed by atoms with E-state index in [0.717, 1.165) is 0 Å². The largest absolute Gasteiger partial charge is 0.616 e. The van der Waals surface area contributed by atoms with E-state index in [1.165, 1.54) is 0 Å². The Labute approximate surface area is 123 Å². The third kappa shape index (κ3) is 18.0. The molecule has 0 aliphatic rings. The van der Waals surface area contributed by atoms with Gasteiger partial charge in [-0.25, -0.2) is 22.9 Å². The molecule has 0 atom stereocenters. The number of hydrogen-bond acceptors (Lipinski definition) is 0. The van der Waals surface area contributed by atoms with Crippen molar-refractivity contribution < 1.29 is 99.5 Å². The van der Waals surface area contributed by atoms with Crippen LogP contribution < -0.4 is 0 Å². The van der Waals surface area contributed by atoms with E-state index in [4.69, 9.17) is 1.41 Å². The molecule has 0 saturated heterocycles. The van der Waals surface area contributed by atoms with Crippen LogP contribution in [0.1, 0.15) is 0 Å². The maximum absolute atomic E-state index is 5.82. The number of halogens is 1. The van der Waals surface area contributed by atoms with Gasteiger partial charge in [0, 0.05) is 98.1 Å². The second kappa shape index (κ2) is 24.5. The van der Waals surface area contributed by atoms with Gasteiger partial charge < -0.3 is 3.94 Å². The Hall–Kier alpha value is 4.00. The first-order chi connectivity index (χ1) is 1.41. The molecule has 5 heavy (non-hydrogen) atoms. The van der Waals surface area contributed by atoms with Gasteiger partial charge in [0.05, 0.1) is 0 Å². The zero-order chi connectivity index (χ0) is 2.71. The quantitative estimate of drug-likeness (QED) is 0.539. The van der Waals surface area contributed by atoms with Crippen LogP contribution >= 0.6 is 22.9 Å². The van der Waals surface area contributed by atoms with E-state index in [-0.39, 0.29) is 98.1 Å². The smallest absolute Gasteiger partial charge is 0 e. The summed E-state index contributed by atoms with van der Waals surface area (Å²) in [6.45, 7) is 0. The summed E-state index contributed by atoms with van der Waals surface area (Å²) in [5.74, 6) is 0. The van der Waals surface area contributed by atoms with Crippen molar-refractivity contribution in [3.63, 3.8) is 0 Å². The molecule has 0 aliphatic heterocycles. The van der Waals surface area contributed by atoms with Crippen molar-refractivity contribution in [3.8, 4) is 0 Å². The Morgan fingerprint density at radius 2 is 1.40 bits per heavy atom. The van der Waals surface area contributed by atoms with Crippen LogP contribution in [0.3, 0.4) is 0 Å². The van der Waals surface area contributed by atoms with Gasteiger partial charge in [0.25, 0.3) is 0 Å². The summed E-state index contributed by atoms with van der Waals surface area (Å²) >= 11 is 1.58. The van der Waals surface area contributed by atoms with Crippen molar-refractivity contribution in [1.29, 1.82) is 0 Å². The molecule has 0 heterocycles. The normalized spacial score (nSPS) is 3.80. The summed E-state index contributed by atoms with van der Waals surface area (Å²) in [5.41, 5.74) is 0. The number of nitrogens with one attached hydrogen (secondary N) is 1. The first-order valence-corrected chi connectivity index (χ1v) is 1.13. The van der Waals surface area contributed by atoms with E-state index in [1.54, 1.807) is 22.9 Å². The van der Waals surface area contributed by atoms with Gasteiger partial charge in [-0.3, -0.25) is 0 Å². The SMILES string of the molecule is [3H][N-]I.[Y].[Y].[Y]. The molecule has 0 fully saturated rings. The molecule has 5 heteroatoms. The second-order valence-corrected chi connectivity index (χ2v) is 0. The fourth-order valence-corrected chi connectivity index (χ4v) is 0. The van der Waals surface area contributed by atoms with Crippen LogP contribution in [0.4, 0.5) is 0 Å². The van der Waals surface area contributed by atoms with Crippen molar-refractivity contribution in [2.24, 2.45) is 0 Å². The van der Waals surface area contributed by atoms with Crippen molar-refractivity contribution in [2.45, 2.75) is 0 Å². The third-order valence-corrected chi connectivity index (χ3v) is 0. The molecule has 0 unspecified atom stereocenters. The molecular formula is HINY3-. The summed E-state index contributed by atoms with van der Waals surface area (Å²) in [5, 5.41) is 0. The summed E-state index contributed by atoms with van der Waals surface area (Å²) in [6.07, 6.45) is 0. The average Bonchev–Trinajstić information content (AvgIpc) is 0.918. The monoisotopic (exact) mass is 411 g/mol. The molecule has 0 aromatic carbocycles. The zero-order valence-corrected chi connectivity index (χ0v) is 13.2. The van der Waals surface area contributed by atoms with Gasteiger partial charge in [0.1, 0.15) is 0 Å². The Kier molecular flexibility index (Phi) is 78.4. The Morgan fingerprint density at radius 3 is 1.40 bits per heavy atom. The molecule has 1 N–H and O–H groups in total. The first kappa shape index (κ1) is 16.0. The molecule has 0 spiro atoms. The standard InChI is InChI=1S/HIN.3Y/c1-2;;;/h2H;;;/q-1;;;/i/hT. The van der Waals surface area contributed by atoms with E-state index < -0.39 is 0 Å². The molecule has 0 aromatic heterocycles. The Balaban J connectivity index is -0.00000000667. The number of rotatable bonds is 0. The van der Waals surface area contributed by atoms with Gasteiger partial charge in [-0.1, -0.05) is 0 Å². The number of hydrogen-bond donors (Lipinski definition) is 0. The van der Waals surface area contributed by atoms with E-state index in [9.17, 15) is 0 Å². The molecule has 0 aliphatic carbocycles. The predicted molar refractivity (Wildman–Crippen MR) is 18.3 cm³/mol. The molecular weight excluding hydrogens is 408 g/mol. The van der Waals surface area contributed by atoms with Crippen LogP contribution in [0.15, 0.2) is 0 Å². The van der Waals surface area contributed by atoms with Crippen molar-refractivity contribution in [1.82, 2.24) is 0 Å². The Morgan fingerprint density at radius 1 is 1.40 bits per heavy atom. The molecule has 0 rings (SSSR count). The van der Waals surface area contributed by atoms with E-state index >= 15 is 0 Å². The van der Waals surface area contributed by atoms with Crippen molar-refractivity contribution in [2.75, 3.05) is 0 Å².